The lowest BCUT2D eigenvalue weighted by molar-refractivity contribution is 0.100. The van der Waals surface area contributed by atoms with E-state index in [-0.39, 0.29) is 22.2 Å². The highest BCUT2D eigenvalue weighted by Gasteiger charge is 2.19. The van der Waals surface area contributed by atoms with Gasteiger partial charge in [-0.3, -0.25) is 18.8 Å². The molecule has 0 aliphatic carbocycles. The van der Waals surface area contributed by atoms with Crippen molar-refractivity contribution in [2.45, 2.75) is 0 Å². The van der Waals surface area contributed by atoms with Gasteiger partial charge in [-0.25, -0.2) is 0 Å². The summed E-state index contributed by atoms with van der Waals surface area (Å²) in [4.78, 5) is 40.3. The van der Waals surface area contributed by atoms with E-state index in [1.807, 2.05) is 0 Å². The first-order valence-electron chi connectivity index (χ1n) is 6.98. The number of benzene rings is 2. The maximum Gasteiger partial charge on any atom is 0.266 e. The number of H-pyrrole nitrogens is 1. The number of para-hydroxylation sites is 2. The minimum Gasteiger partial charge on any atom is -0.365 e. The van der Waals surface area contributed by atoms with Gasteiger partial charge in [0.2, 0.25) is 5.43 Å². The van der Waals surface area contributed by atoms with E-state index in [4.69, 9.17) is 5.73 Å². The van der Waals surface area contributed by atoms with Crippen molar-refractivity contribution in [2.75, 3.05) is 0 Å². The molecule has 0 saturated heterocycles. The van der Waals surface area contributed by atoms with Gasteiger partial charge in [0.15, 0.2) is 0 Å². The summed E-state index contributed by atoms with van der Waals surface area (Å²) in [7, 11) is 0. The molecular weight excluding hydrogens is 294 g/mol. The fraction of sp³-hybridized carbons (Fsp3) is 0. The number of hydrogen-bond donors (Lipinski definition) is 2. The first-order valence-corrected chi connectivity index (χ1v) is 6.98. The van der Waals surface area contributed by atoms with Crippen molar-refractivity contribution in [1.82, 2.24) is 9.38 Å². The average molecular weight is 305 g/mol. The van der Waals surface area contributed by atoms with Crippen LogP contribution in [0.15, 0.2) is 58.1 Å². The molecule has 0 atom stereocenters. The molecule has 0 radical (unpaired) electrons. The average Bonchev–Trinajstić information content (AvgIpc) is 2.55. The smallest absolute Gasteiger partial charge is 0.266 e. The van der Waals surface area contributed by atoms with Crippen LogP contribution in [0.3, 0.4) is 0 Å². The largest absolute Gasteiger partial charge is 0.365 e. The van der Waals surface area contributed by atoms with Crippen LogP contribution in [0.2, 0.25) is 0 Å². The highest BCUT2D eigenvalue weighted by molar-refractivity contribution is 6.03. The van der Waals surface area contributed by atoms with Gasteiger partial charge in [-0.2, -0.15) is 0 Å². The summed E-state index contributed by atoms with van der Waals surface area (Å²) in [6.07, 6.45) is 0. The lowest BCUT2D eigenvalue weighted by Gasteiger charge is -2.10. The molecule has 23 heavy (non-hydrogen) atoms. The van der Waals surface area contributed by atoms with Crippen LogP contribution in [0.1, 0.15) is 10.4 Å². The Morgan fingerprint density at radius 3 is 2.35 bits per heavy atom. The molecule has 0 fully saturated rings. The number of fused-ring (bicyclic) bond motifs is 4. The molecule has 4 aromatic rings. The predicted molar refractivity (Wildman–Crippen MR) is 87.8 cm³/mol. The Kier molecular flexibility index (Phi) is 2.62. The van der Waals surface area contributed by atoms with E-state index >= 15 is 0 Å². The molecule has 0 aliphatic heterocycles. The zero-order chi connectivity index (χ0) is 16.1. The summed E-state index contributed by atoms with van der Waals surface area (Å²) in [6, 6.07) is 13.6. The minimum absolute atomic E-state index is 0.116. The van der Waals surface area contributed by atoms with Gasteiger partial charge in [-0.05, 0) is 24.3 Å². The van der Waals surface area contributed by atoms with Gasteiger partial charge in [-0.1, -0.05) is 24.3 Å². The van der Waals surface area contributed by atoms with Crippen LogP contribution in [0.5, 0.6) is 0 Å². The van der Waals surface area contributed by atoms with E-state index in [2.05, 4.69) is 4.98 Å². The Morgan fingerprint density at radius 1 is 0.957 bits per heavy atom. The number of hydrogen-bond acceptors (Lipinski definition) is 3. The molecule has 6 nitrogen and oxygen atoms in total. The summed E-state index contributed by atoms with van der Waals surface area (Å²) in [5, 5.41) is 0.740. The molecule has 4 rings (SSSR count). The molecular formula is C17H11N3O3. The first kappa shape index (κ1) is 13.3. The van der Waals surface area contributed by atoms with Gasteiger partial charge in [0.1, 0.15) is 11.2 Å². The number of nitrogens with one attached hydrogen (secondary N) is 1. The summed E-state index contributed by atoms with van der Waals surface area (Å²) in [5.74, 6) is -0.871. The van der Waals surface area contributed by atoms with E-state index in [1.54, 1.807) is 48.5 Å². The highest BCUT2D eigenvalue weighted by atomic mass is 16.2. The maximum absolute atomic E-state index is 12.9. The molecule has 2 heterocycles. The number of carbonyl (C=O) groups excluding carboxylic acids is 1. The van der Waals surface area contributed by atoms with Gasteiger partial charge in [-0.15, -0.1) is 0 Å². The topological polar surface area (TPSA) is 97.4 Å². The van der Waals surface area contributed by atoms with Crippen LogP contribution in [0.25, 0.3) is 27.5 Å². The molecule has 112 valence electrons. The number of aromatic amines is 1. The zero-order valence-electron chi connectivity index (χ0n) is 11.9. The molecule has 6 heteroatoms. The monoisotopic (exact) mass is 305 g/mol. The Labute approximate surface area is 128 Å². The summed E-state index contributed by atoms with van der Waals surface area (Å²) in [5.41, 5.74) is 5.46. The summed E-state index contributed by atoms with van der Waals surface area (Å²) >= 11 is 0. The molecule has 0 spiro atoms. The van der Waals surface area contributed by atoms with E-state index in [0.717, 1.165) is 0 Å². The second-order valence-electron chi connectivity index (χ2n) is 5.25. The minimum atomic E-state index is -0.871. The van der Waals surface area contributed by atoms with Gasteiger partial charge >= 0.3 is 0 Å². The lowest BCUT2D eigenvalue weighted by atomic mass is 10.1. The molecule has 0 saturated carbocycles. The Morgan fingerprint density at radius 2 is 1.61 bits per heavy atom. The van der Waals surface area contributed by atoms with Crippen molar-refractivity contribution in [2.24, 2.45) is 5.73 Å². The fourth-order valence-electron chi connectivity index (χ4n) is 2.92. The zero-order valence-corrected chi connectivity index (χ0v) is 11.9. The first-order chi connectivity index (χ1) is 11.1. The van der Waals surface area contributed by atoms with Crippen molar-refractivity contribution in [3.05, 3.63) is 74.7 Å². The number of carbonyl (C=O) groups is 1. The van der Waals surface area contributed by atoms with Crippen LogP contribution in [-0.2, 0) is 0 Å². The van der Waals surface area contributed by atoms with E-state index in [0.29, 0.717) is 16.4 Å². The van der Waals surface area contributed by atoms with Crippen LogP contribution in [-0.4, -0.2) is 15.3 Å². The van der Waals surface area contributed by atoms with Crippen molar-refractivity contribution in [1.29, 1.82) is 0 Å². The molecule has 2 aromatic heterocycles. The van der Waals surface area contributed by atoms with E-state index in [1.165, 1.54) is 4.40 Å². The Hall–Kier alpha value is -3.41. The normalized spacial score (nSPS) is 11.3. The van der Waals surface area contributed by atoms with Crippen LogP contribution in [0, 0.1) is 0 Å². The molecule has 3 N–H and O–H groups in total. The fourth-order valence-corrected chi connectivity index (χ4v) is 2.92. The SMILES string of the molecule is NC(=O)c1c(=O)c2ccccc2n2c(=O)c3ccccc3[nH]c12. The van der Waals surface area contributed by atoms with E-state index in [9.17, 15) is 14.4 Å². The third-order valence-corrected chi connectivity index (χ3v) is 3.94. The lowest BCUT2D eigenvalue weighted by Crippen LogP contribution is -2.28. The quantitative estimate of drug-likeness (QED) is 0.411. The maximum atomic E-state index is 12.9. The van der Waals surface area contributed by atoms with Crippen LogP contribution in [0.4, 0.5) is 0 Å². The number of aromatic nitrogens is 2. The number of amides is 1. The summed E-state index contributed by atoms with van der Waals surface area (Å²) < 4.78 is 1.33. The van der Waals surface area contributed by atoms with Gasteiger partial charge in [0.25, 0.3) is 11.5 Å². The van der Waals surface area contributed by atoms with Crippen LogP contribution < -0.4 is 16.7 Å². The van der Waals surface area contributed by atoms with Crippen molar-refractivity contribution < 1.29 is 4.79 Å². The number of nitrogens with two attached hydrogens (primary N) is 1. The Balaban J connectivity index is 2.47. The molecule has 2 aromatic carbocycles. The molecule has 1 amide bonds. The van der Waals surface area contributed by atoms with Crippen molar-refractivity contribution >= 4 is 33.4 Å². The van der Waals surface area contributed by atoms with E-state index < -0.39 is 11.3 Å². The number of primary amides is 1. The third-order valence-electron chi connectivity index (χ3n) is 3.94. The van der Waals surface area contributed by atoms with Gasteiger partial charge < -0.3 is 10.7 Å². The number of nitrogens with zero attached hydrogens (tertiary/aromatic N) is 1. The van der Waals surface area contributed by atoms with Crippen molar-refractivity contribution in [3.63, 3.8) is 0 Å². The molecule has 0 bridgehead atoms. The Bertz CT molecular complexity index is 1230. The molecule has 0 aliphatic rings. The number of pyridine rings is 1. The van der Waals surface area contributed by atoms with Crippen molar-refractivity contribution in [3.8, 4) is 0 Å². The second-order valence-corrected chi connectivity index (χ2v) is 5.25. The standard InChI is InChI=1S/C17H11N3O3/c18-15(22)13-14(21)10-6-2-4-8-12(10)20-16(13)19-11-7-3-1-5-9(11)17(20)23/h1-8,19H,(H2,18,22). The van der Waals surface area contributed by atoms with Gasteiger partial charge in [0.05, 0.1) is 16.4 Å². The molecule has 0 unspecified atom stereocenters. The third kappa shape index (κ3) is 1.72. The second kappa shape index (κ2) is 4.54. The van der Waals surface area contributed by atoms with Gasteiger partial charge in [0, 0.05) is 5.39 Å². The summed E-state index contributed by atoms with van der Waals surface area (Å²) in [6.45, 7) is 0. The predicted octanol–water partition coefficient (Wildman–Crippen LogP) is 1.39. The highest BCUT2D eigenvalue weighted by Crippen LogP contribution is 2.16. The number of rotatable bonds is 1. The van der Waals surface area contributed by atoms with Crippen LogP contribution >= 0.6 is 0 Å².